The smallest absolute Gasteiger partial charge is 0.184 e. The van der Waals surface area contributed by atoms with Crippen LogP contribution in [0.4, 0.5) is 20.3 Å². The number of rotatable bonds is 4. The van der Waals surface area contributed by atoms with Crippen molar-refractivity contribution in [1.82, 2.24) is 10.3 Å². The van der Waals surface area contributed by atoms with Gasteiger partial charge in [-0.15, -0.1) is 11.3 Å². The molecule has 3 heterocycles. The summed E-state index contributed by atoms with van der Waals surface area (Å²) in [6, 6.07) is 6.79. The third-order valence-electron chi connectivity index (χ3n) is 5.96. The highest BCUT2D eigenvalue weighted by molar-refractivity contribution is 7.15. The number of hydrogen-bond donors (Lipinski definition) is 4. The van der Waals surface area contributed by atoms with Crippen LogP contribution in [-0.4, -0.2) is 23.9 Å². The number of hydrogen-bond acceptors (Lipinski definition) is 7. The van der Waals surface area contributed by atoms with Crippen molar-refractivity contribution in [1.29, 1.82) is 0 Å². The number of hydrazine groups is 1. The van der Waals surface area contributed by atoms with Gasteiger partial charge >= 0.3 is 0 Å². The maximum Gasteiger partial charge on any atom is 0.184 e. The number of piperidine rings is 1. The van der Waals surface area contributed by atoms with Crippen molar-refractivity contribution in [2.75, 3.05) is 23.8 Å². The first-order valence-electron chi connectivity index (χ1n) is 10.7. The third-order valence-corrected chi connectivity index (χ3v) is 7.41. The zero-order chi connectivity index (χ0) is 23.7. The average Bonchev–Trinajstić information content (AvgIpc) is 3.21. The Balaban J connectivity index is 1.71. The Bertz CT molecular complexity index is 1200. The van der Waals surface area contributed by atoms with E-state index in [1.165, 1.54) is 23.9 Å². The molecule has 7 nitrogen and oxygen atoms in total. The van der Waals surface area contributed by atoms with Gasteiger partial charge in [0.2, 0.25) is 0 Å². The van der Waals surface area contributed by atoms with Gasteiger partial charge in [0.25, 0.3) is 0 Å². The molecule has 0 radical (unpaired) electrons. The number of nitrogens with two attached hydrogens (primary N) is 3. The second-order valence-corrected chi connectivity index (χ2v) is 9.28. The van der Waals surface area contributed by atoms with Gasteiger partial charge < -0.3 is 16.9 Å². The number of amidine groups is 1. The molecule has 0 aliphatic carbocycles. The highest BCUT2D eigenvalue weighted by atomic mass is 32.1. The van der Waals surface area contributed by atoms with Crippen LogP contribution in [0.15, 0.2) is 35.6 Å². The standard InChI is InChI=1S/C23H27F2N7S/c1-12-3-4-17(20(25)19(12)24)32(28)23(31-27)16-10-15(11-30-22(16)26)21-13(2)9-18(33-21)14-5-7-29-8-6-14/h3-4,9-11,14,29H,5-8,27-28H2,1-2H3,(H2,26,30)/b31-23-. The second-order valence-electron chi connectivity index (χ2n) is 8.19. The molecule has 10 heteroatoms. The van der Waals surface area contributed by atoms with E-state index in [1.807, 2.05) is 0 Å². The lowest BCUT2D eigenvalue weighted by Crippen LogP contribution is -2.40. The maximum absolute atomic E-state index is 14.6. The van der Waals surface area contributed by atoms with E-state index >= 15 is 0 Å². The molecule has 1 aromatic carbocycles. The maximum atomic E-state index is 14.6. The number of nitrogen functional groups attached to an aromatic ring is 1. The number of benzene rings is 1. The molecule has 7 N–H and O–H groups in total. The summed E-state index contributed by atoms with van der Waals surface area (Å²) in [5, 5.41) is 8.01. The number of hydrazone groups is 1. The third kappa shape index (κ3) is 4.41. The summed E-state index contributed by atoms with van der Waals surface area (Å²) in [5.41, 5.74) is 8.35. The fourth-order valence-electron chi connectivity index (χ4n) is 4.08. The zero-order valence-corrected chi connectivity index (χ0v) is 19.3. The van der Waals surface area contributed by atoms with E-state index in [-0.39, 0.29) is 22.9 Å². The molecule has 174 valence electrons. The minimum atomic E-state index is -1.10. The number of halogens is 2. The Hall–Kier alpha value is -3.08. The Morgan fingerprint density at radius 3 is 2.58 bits per heavy atom. The molecule has 3 aromatic rings. The molecule has 1 saturated heterocycles. The van der Waals surface area contributed by atoms with Crippen LogP contribution in [0.5, 0.6) is 0 Å². The summed E-state index contributed by atoms with van der Waals surface area (Å²) in [5.74, 6) is 10.3. The lowest BCUT2D eigenvalue weighted by atomic mass is 9.96. The number of aromatic nitrogens is 1. The topological polar surface area (TPSA) is 119 Å². The molecule has 1 fully saturated rings. The summed E-state index contributed by atoms with van der Waals surface area (Å²) in [6.07, 6.45) is 3.90. The molecule has 4 rings (SSSR count). The van der Waals surface area contributed by atoms with Gasteiger partial charge in [-0.2, -0.15) is 5.10 Å². The van der Waals surface area contributed by atoms with Crippen molar-refractivity contribution in [2.24, 2.45) is 16.8 Å². The summed E-state index contributed by atoms with van der Waals surface area (Å²) in [6.45, 7) is 5.56. The van der Waals surface area contributed by atoms with E-state index in [9.17, 15) is 8.78 Å². The molecule has 2 aromatic heterocycles. The number of nitrogens with one attached hydrogen (secondary N) is 1. The summed E-state index contributed by atoms with van der Waals surface area (Å²) < 4.78 is 28.7. The minimum absolute atomic E-state index is 0.0307. The monoisotopic (exact) mass is 471 g/mol. The first-order valence-corrected chi connectivity index (χ1v) is 11.5. The summed E-state index contributed by atoms with van der Waals surface area (Å²) in [4.78, 5) is 6.71. The van der Waals surface area contributed by atoms with Gasteiger partial charge in [-0.25, -0.2) is 19.6 Å². The normalized spacial score (nSPS) is 15.1. The van der Waals surface area contributed by atoms with Gasteiger partial charge in [-0.1, -0.05) is 6.07 Å². The predicted octanol–water partition coefficient (Wildman–Crippen LogP) is 3.75. The number of anilines is 2. The van der Waals surface area contributed by atoms with E-state index in [4.69, 9.17) is 17.4 Å². The van der Waals surface area contributed by atoms with Crippen molar-refractivity contribution in [3.8, 4) is 10.4 Å². The lowest BCUT2D eigenvalue weighted by Gasteiger charge is -2.22. The van der Waals surface area contributed by atoms with Gasteiger partial charge in [0, 0.05) is 21.5 Å². The largest absolute Gasteiger partial charge is 0.383 e. The van der Waals surface area contributed by atoms with Crippen molar-refractivity contribution in [3.05, 3.63) is 63.7 Å². The molecule has 0 unspecified atom stereocenters. The molecule has 0 amide bonds. The lowest BCUT2D eigenvalue weighted by molar-refractivity contribution is 0.465. The zero-order valence-electron chi connectivity index (χ0n) is 18.5. The van der Waals surface area contributed by atoms with Crippen LogP contribution in [0.3, 0.4) is 0 Å². The molecule has 0 saturated carbocycles. The van der Waals surface area contributed by atoms with Crippen molar-refractivity contribution in [3.63, 3.8) is 0 Å². The Labute approximate surface area is 195 Å². The predicted molar refractivity (Wildman–Crippen MR) is 130 cm³/mol. The van der Waals surface area contributed by atoms with E-state index in [2.05, 4.69) is 28.4 Å². The molecule has 33 heavy (non-hydrogen) atoms. The highest BCUT2D eigenvalue weighted by Crippen LogP contribution is 2.39. The quantitative estimate of drug-likeness (QED) is 0.199. The number of nitrogens with zero attached hydrogens (tertiary/aromatic N) is 3. The van der Waals surface area contributed by atoms with Crippen LogP contribution in [-0.2, 0) is 0 Å². The van der Waals surface area contributed by atoms with Crippen LogP contribution in [0.2, 0.25) is 0 Å². The van der Waals surface area contributed by atoms with E-state index in [0.29, 0.717) is 11.5 Å². The van der Waals surface area contributed by atoms with Crippen molar-refractivity contribution < 1.29 is 8.78 Å². The Kier molecular flexibility index (Phi) is 6.59. The first kappa shape index (κ1) is 23.1. The molecular formula is C23H27F2N7S. The van der Waals surface area contributed by atoms with E-state index in [1.54, 1.807) is 23.6 Å². The van der Waals surface area contributed by atoms with Gasteiger partial charge in [-0.05, 0) is 75.0 Å². The SMILES string of the molecule is Cc1cc(C2CCNCC2)sc1-c1cnc(N)c(/C(=N/N)N(N)c2ccc(C)c(F)c2F)c1. The second kappa shape index (κ2) is 9.42. The fourth-order valence-corrected chi connectivity index (χ4v) is 5.40. The first-order chi connectivity index (χ1) is 15.8. The molecule has 1 aliphatic heterocycles. The molecule has 1 aliphatic rings. The van der Waals surface area contributed by atoms with Gasteiger partial charge in [0.05, 0.1) is 11.3 Å². The minimum Gasteiger partial charge on any atom is -0.383 e. The van der Waals surface area contributed by atoms with Crippen LogP contribution in [0.25, 0.3) is 10.4 Å². The molecule has 0 bridgehead atoms. The number of thiophene rings is 1. The van der Waals surface area contributed by atoms with Gasteiger partial charge in [-0.3, -0.25) is 5.01 Å². The van der Waals surface area contributed by atoms with Crippen LogP contribution < -0.4 is 27.7 Å². The van der Waals surface area contributed by atoms with Crippen molar-refractivity contribution >= 4 is 28.7 Å². The summed E-state index contributed by atoms with van der Waals surface area (Å²) >= 11 is 1.73. The molecular weight excluding hydrogens is 444 g/mol. The Morgan fingerprint density at radius 2 is 1.88 bits per heavy atom. The van der Waals surface area contributed by atoms with E-state index < -0.39 is 11.6 Å². The molecule has 0 atom stereocenters. The van der Waals surface area contributed by atoms with Crippen LogP contribution >= 0.6 is 11.3 Å². The van der Waals surface area contributed by atoms with Crippen molar-refractivity contribution in [2.45, 2.75) is 32.6 Å². The fraction of sp³-hybridized carbons (Fsp3) is 0.304. The van der Waals surface area contributed by atoms with Crippen LogP contribution in [0.1, 0.15) is 40.3 Å². The van der Waals surface area contributed by atoms with Gasteiger partial charge in [0.15, 0.2) is 17.5 Å². The summed E-state index contributed by atoms with van der Waals surface area (Å²) in [7, 11) is 0. The van der Waals surface area contributed by atoms with E-state index in [0.717, 1.165) is 46.9 Å². The average molecular weight is 472 g/mol. The Morgan fingerprint density at radius 1 is 1.15 bits per heavy atom. The van der Waals surface area contributed by atoms with Crippen LogP contribution in [0, 0.1) is 25.5 Å². The highest BCUT2D eigenvalue weighted by Gasteiger charge is 2.24. The number of pyridine rings is 1. The molecule has 0 spiro atoms. The van der Waals surface area contributed by atoms with Gasteiger partial charge in [0.1, 0.15) is 5.82 Å². The number of aryl methyl sites for hydroxylation is 2.